The summed E-state index contributed by atoms with van der Waals surface area (Å²) in [6.45, 7) is 3.26. The van der Waals surface area contributed by atoms with Crippen LogP contribution in [-0.4, -0.2) is 73.4 Å². The van der Waals surface area contributed by atoms with Crippen molar-refractivity contribution < 1.29 is 14.1 Å². The summed E-state index contributed by atoms with van der Waals surface area (Å²) in [6.07, 6.45) is 12.3. The van der Waals surface area contributed by atoms with Crippen molar-refractivity contribution in [2.75, 3.05) is 40.4 Å². The van der Waals surface area contributed by atoms with Crippen LogP contribution < -0.4 is 5.32 Å². The number of carbonyl (C=O) groups excluding carboxylic acids is 1. The number of aliphatic hydroxyl groups excluding tert-OH is 1. The number of nitrogens with one attached hydrogen (secondary N) is 1. The first kappa shape index (κ1) is 30.9. The van der Waals surface area contributed by atoms with Crippen LogP contribution in [-0.2, 0) is 4.18 Å². The first-order chi connectivity index (χ1) is 18.1. The minimum atomic E-state index is 0.0779. The van der Waals surface area contributed by atoms with Gasteiger partial charge in [-0.25, -0.2) is 4.79 Å². The topological polar surface area (TPSA) is 65.0 Å². The number of thiol groups is 1. The number of likely N-dealkylation sites (tertiary alicyclic amines) is 1. The Bertz CT molecular complexity index is 833. The van der Waals surface area contributed by atoms with E-state index in [0.29, 0.717) is 12.1 Å². The normalized spacial score (nSPS) is 17.2. The van der Waals surface area contributed by atoms with E-state index < -0.39 is 0 Å². The monoisotopic (exact) mass is 527 g/mol. The van der Waals surface area contributed by atoms with Gasteiger partial charge in [0, 0.05) is 39.3 Å². The Morgan fingerprint density at radius 1 is 1.03 bits per heavy atom. The lowest BCUT2D eigenvalue weighted by Crippen LogP contribution is -2.50. The second-order valence-electron chi connectivity index (χ2n) is 9.56. The second kappa shape index (κ2) is 18.9. The van der Waals surface area contributed by atoms with Crippen LogP contribution in [0.1, 0.15) is 56.1 Å². The summed E-state index contributed by atoms with van der Waals surface area (Å²) < 4.78 is 3.94. The molecular formula is C30H45N3O3S. The predicted octanol–water partition coefficient (Wildman–Crippen LogP) is 5.75. The van der Waals surface area contributed by atoms with E-state index in [4.69, 9.17) is 5.11 Å². The molecule has 0 radical (unpaired) electrons. The van der Waals surface area contributed by atoms with Crippen molar-refractivity contribution in [1.82, 2.24) is 15.1 Å². The zero-order valence-electron chi connectivity index (χ0n) is 22.5. The molecule has 1 heterocycles. The van der Waals surface area contributed by atoms with E-state index in [-0.39, 0.29) is 12.6 Å². The van der Waals surface area contributed by atoms with Gasteiger partial charge in [-0.2, -0.15) is 0 Å². The summed E-state index contributed by atoms with van der Waals surface area (Å²) in [5.74, 6) is 0. The molecule has 1 aliphatic carbocycles. The van der Waals surface area contributed by atoms with E-state index in [1.165, 1.54) is 31.1 Å². The highest BCUT2D eigenvalue weighted by Gasteiger charge is 2.26. The van der Waals surface area contributed by atoms with Crippen molar-refractivity contribution in [3.8, 4) is 0 Å². The van der Waals surface area contributed by atoms with Crippen LogP contribution in [0, 0.1) is 0 Å². The lowest BCUT2D eigenvalue weighted by molar-refractivity contribution is 0.0409. The Morgan fingerprint density at radius 3 is 2.03 bits per heavy atom. The van der Waals surface area contributed by atoms with Gasteiger partial charge in [-0.05, 0) is 62.7 Å². The molecule has 1 aliphatic heterocycles. The van der Waals surface area contributed by atoms with Crippen LogP contribution in [0.25, 0.3) is 12.2 Å². The van der Waals surface area contributed by atoms with E-state index in [1.54, 1.807) is 4.90 Å². The SMILES string of the molecule is C(=C\c1ccccc1)/c1ccccc1.CN(CCCCN1CCC1CO)C(=O)NC1CCCC1.COS. The van der Waals surface area contributed by atoms with Crippen molar-refractivity contribution >= 4 is 31.1 Å². The molecule has 2 fully saturated rings. The number of hydrogen-bond acceptors (Lipinski definition) is 5. The van der Waals surface area contributed by atoms with Crippen LogP contribution in [0.5, 0.6) is 0 Å². The second-order valence-corrected chi connectivity index (χ2v) is 9.92. The Morgan fingerprint density at radius 2 is 1.57 bits per heavy atom. The van der Waals surface area contributed by atoms with Gasteiger partial charge >= 0.3 is 6.03 Å². The summed E-state index contributed by atoms with van der Waals surface area (Å²) in [5.41, 5.74) is 2.47. The maximum absolute atomic E-state index is 12.0. The van der Waals surface area contributed by atoms with Gasteiger partial charge in [0.25, 0.3) is 0 Å². The minimum absolute atomic E-state index is 0.0779. The summed E-state index contributed by atoms with van der Waals surface area (Å²) in [5, 5.41) is 12.2. The fourth-order valence-corrected chi connectivity index (χ4v) is 4.44. The Balaban J connectivity index is 0.000000247. The van der Waals surface area contributed by atoms with Crippen molar-refractivity contribution in [2.24, 2.45) is 0 Å². The van der Waals surface area contributed by atoms with Gasteiger partial charge in [0.2, 0.25) is 0 Å². The molecule has 2 aromatic carbocycles. The molecule has 6 nitrogen and oxygen atoms in total. The minimum Gasteiger partial charge on any atom is -0.395 e. The molecule has 2 aliphatic rings. The quantitative estimate of drug-likeness (QED) is 0.168. The fraction of sp³-hybridized carbons (Fsp3) is 0.500. The number of hydrogen-bond donors (Lipinski definition) is 3. The number of nitrogens with zero attached hydrogens (tertiary/aromatic N) is 2. The standard InChI is InChI=1S/C15H29N3O2.C14H12.CH4OS/c1-17(15(20)16-13-6-2-3-7-13)9-4-5-10-18-11-8-14(18)12-19;1-3-7-13(8-4-1)11-12-14-9-5-2-6-10-14;1-2-3/h13-14,19H,2-12H2,1H3,(H,16,20);1-12H;3H,1H3/b;12-11+;. The molecule has 2 N–H and O–H groups in total. The molecule has 4 rings (SSSR count). The molecule has 0 aromatic heterocycles. The van der Waals surface area contributed by atoms with Gasteiger partial charge in [0.1, 0.15) is 0 Å². The van der Waals surface area contributed by atoms with Crippen molar-refractivity contribution in [3.05, 3.63) is 71.8 Å². The van der Waals surface area contributed by atoms with Gasteiger partial charge in [-0.1, -0.05) is 85.7 Å². The van der Waals surface area contributed by atoms with E-state index in [1.807, 2.05) is 43.4 Å². The van der Waals surface area contributed by atoms with Crippen LogP contribution in [0.15, 0.2) is 60.7 Å². The maximum Gasteiger partial charge on any atom is 0.317 e. The molecule has 1 atom stereocenters. The van der Waals surface area contributed by atoms with Gasteiger partial charge < -0.3 is 19.5 Å². The summed E-state index contributed by atoms with van der Waals surface area (Å²) in [7, 11) is 3.37. The summed E-state index contributed by atoms with van der Waals surface area (Å²) in [6, 6.07) is 21.5. The van der Waals surface area contributed by atoms with E-state index in [0.717, 1.165) is 51.7 Å². The van der Waals surface area contributed by atoms with Crippen molar-refractivity contribution in [1.29, 1.82) is 0 Å². The molecule has 37 heavy (non-hydrogen) atoms. The third kappa shape index (κ3) is 12.7. The molecule has 0 spiro atoms. The first-order valence-corrected chi connectivity index (χ1v) is 13.8. The molecule has 1 saturated carbocycles. The van der Waals surface area contributed by atoms with Gasteiger partial charge in [-0.3, -0.25) is 4.90 Å². The highest BCUT2D eigenvalue weighted by atomic mass is 32.1. The number of amides is 2. The van der Waals surface area contributed by atoms with Crippen LogP contribution in [0.2, 0.25) is 0 Å². The number of urea groups is 1. The molecule has 1 unspecified atom stereocenters. The third-order valence-corrected chi connectivity index (χ3v) is 6.76. The Kier molecular flexibility index (Phi) is 15.7. The molecule has 2 aromatic rings. The summed E-state index contributed by atoms with van der Waals surface area (Å²) >= 11 is 3.29. The van der Waals surface area contributed by atoms with Crippen LogP contribution >= 0.6 is 12.9 Å². The smallest absolute Gasteiger partial charge is 0.317 e. The number of unbranched alkanes of at least 4 members (excludes halogenated alkanes) is 1. The Labute approximate surface area is 229 Å². The molecule has 0 bridgehead atoms. The lowest BCUT2D eigenvalue weighted by atomic mass is 10.0. The van der Waals surface area contributed by atoms with Crippen molar-refractivity contribution in [3.63, 3.8) is 0 Å². The van der Waals surface area contributed by atoms with E-state index in [2.05, 4.69) is 63.7 Å². The Hall–Kier alpha value is -2.32. The summed E-state index contributed by atoms with van der Waals surface area (Å²) in [4.78, 5) is 16.1. The first-order valence-electron chi connectivity index (χ1n) is 13.4. The molecule has 7 heteroatoms. The zero-order valence-corrected chi connectivity index (χ0v) is 23.4. The maximum atomic E-state index is 12.0. The fourth-order valence-electron chi connectivity index (χ4n) is 4.44. The van der Waals surface area contributed by atoms with E-state index >= 15 is 0 Å². The number of rotatable bonds is 9. The molecular weight excluding hydrogens is 482 g/mol. The highest BCUT2D eigenvalue weighted by molar-refractivity contribution is 7.75. The molecule has 1 saturated heterocycles. The third-order valence-electron chi connectivity index (χ3n) is 6.76. The van der Waals surface area contributed by atoms with Gasteiger partial charge in [-0.15, -0.1) is 0 Å². The number of carbonyl (C=O) groups is 1. The van der Waals surface area contributed by atoms with Crippen LogP contribution in [0.4, 0.5) is 4.79 Å². The van der Waals surface area contributed by atoms with Gasteiger partial charge in [0.05, 0.1) is 6.61 Å². The average molecular weight is 528 g/mol. The molecule has 2 amide bonds. The van der Waals surface area contributed by atoms with Crippen molar-refractivity contribution in [2.45, 2.75) is 57.0 Å². The van der Waals surface area contributed by atoms with E-state index in [9.17, 15) is 4.79 Å². The zero-order chi connectivity index (χ0) is 26.7. The van der Waals surface area contributed by atoms with Crippen LogP contribution in [0.3, 0.4) is 0 Å². The lowest BCUT2D eigenvalue weighted by Gasteiger charge is -2.40. The molecule has 204 valence electrons. The average Bonchev–Trinajstić information content (AvgIpc) is 3.42. The largest absolute Gasteiger partial charge is 0.395 e. The highest BCUT2D eigenvalue weighted by Crippen LogP contribution is 2.18. The number of aliphatic hydroxyl groups is 1. The number of benzene rings is 2. The van der Waals surface area contributed by atoms with Gasteiger partial charge in [0.15, 0.2) is 0 Å². The predicted molar refractivity (Wildman–Crippen MR) is 158 cm³/mol.